The molecule has 0 fully saturated rings. The second-order valence-electron chi connectivity index (χ2n) is 6.57. The molecule has 6 heteroatoms. The Labute approximate surface area is 155 Å². The van der Waals surface area contributed by atoms with Gasteiger partial charge in [-0.3, -0.25) is 9.59 Å². The van der Waals surface area contributed by atoms with Crippen LogP contribution >= 0.6 is 0 Å². The molecule has 1 unspecified atom stereocenters. The zero-order chi connectivity index (χ0) is 19.1. The smallest absolute Gasteiger partial charge is 0.290 e. The third-order valence-electron chi connectivity index (χ3n) is 4.87. The summed E-state index contributed by atoms with van der Waals surface area (Å²) < 4.78 is 11.1. The van der Waals surface area contributed by atoms with Crippen molar-refractivity contribution >= 4 is 16.9 Å². The average molecular weight is 365 g/mol. The normalized spacial score (nSPS) is 16.0. The van der Waals surface area contributed by atoms with Crippen LogP contribution in [-0.4, -0.2) is 36.2 Å². The third kappa shape index (κ3) is 2.69. The Bertz CT molecular complexity index is 1100. The number of nitrogens with zero attached hydrogens (tertiary/aromatic N) is 1. The average Bonchev–Trinajstić information content (AvgIpc) is 2.95. The van der Waals surface area contributed by atoms with Crippen molar-refractivity contribution in [3.05, 3.63) is 75.1 Å². The van der Waals surface area contributed by atoms with E-state index < -0.39 is 11.9 Å². The van der Waals surface area contributed by atoms with Gasteiger partial charge in [0.15, 0.2) is 5.43 Å². The minimum absolute atomic E-state index is 0.0395. The first kappa shape index (κ1) is 17.3. The summed E-state index contributed by atoms with van der Waals surface area (Å²) in [7, 11) is 1.56. The third-order valence-corrected chi connectivity index (χ3v) is 4.87. The first-order chi connectivity index (χ1) is 13.0. The van der Waals surface area contributed by atoms with Gasteiger partial charge >= 0.3 is 0 Å². The number of fused-ring (bicyclic) bond motifs is 2. The highest BCUT2D eigenvalue weighted by Gasteiger charge is 2.42. The number of β-amino-alcohol motifs (C(OH)–C–C–N with tert-alkyl or cyclic N) is 1. The standard InChI is InChI=1S/C21H19NO5/c1-12-6-7-16-15(10-12)19(24)17-18(13-4-3-5-14(11-13)26-2)22(8-9-23)21(25)20(17)27-16/h3-7,10-11,18,23H,8-9H2,1-2H3. The molecule has 1 atom stereocenters. The summed E-state index contributed by atoms with van der Waals surface area (Å²) in [5.74, 6) is 0.266. The van der Waals surface area contributed by atoms with Gasteiger partial charge in [-0.2, -0.15) is 0 Å². The summed E-state index contributed by atoms with van der Waals surface area (Å²) >= 11 is 0. The summed E-state index contributed by atoms with van der Waals surface area (Å²) in [6, 6.07) is 11.9. The Morgan fingerprint density at radius 3 is 2.74 bits per heavy atom. The molecule has 0 aliphatic carbocycles. The highest BCUT2D eigenvalue weighted by Crippen LogP contribution is 2.38. The predicted molar refractivity (Wildman–Crippen MR) is 100 cm³/mol. The molecule has 3 aromatic rings. The molecule has 2 heterocycles. The molecule has 1 N–H and O–H groups in total. The first-order valence-electron chi connectivity index (χ1n) is 8.68. The van der Waals surface area contributed by atoms with E-state index in [4.69, 9.17) is 9.15 Å². The first-order valence-corrected chi connectivity index (χ1v) is 8.68. The molecule has 1 aliphatic heterocycles. The number of aliphatic hydroxyl groups excluding tert-OH is 1. The lowest BCUT2D eigenvalue weighted by atomic mass is 9.98. The molecule has 0 spiro atoms. The van der Waals surface area contributed by atoms with E-state index in [1.165, 1.54) is 4.90 Å². The van der Waals surface area contributed by atoms with E-state index in [0.717, 1.165) is 11.1 Å². The molecule has 1 aliphatic rings. The van der Waals surface area contributed by atoms with Crippen molar-refractivity contribution in [2.75, 3.05) is 20.3 Å². The van der Waals surface area contributed by atoms with Gasteiger partial charge in [0, 0.05) is 6.54 Å². The maximum atomic E-state index is 13.3. The summed E-state index contributed by atoms with van der Waals surface area (Å²) in [5, 5.41) is 9.90. The van der Waals surface area contributed by atoms with Crippen LogP contribution in [0.1, 0.15) is 33.3 Å². The number of carbonyl (C=O) groups excluding carboxylic acids is 1. The van der Waals surface area contributed by atoms with Gasteiger partial charge in [-0.05, 0) is 36.8 Å². The number of aryl methyl sites for hydroxylation is 1. The van der Waals surface area contributed by atoms with E-state index in [1.54, 1.807) is 37.4 Å². The number of hydrogen-bond donors (Lipinski definition) is 1. The topological polar surface area (TPSA) is 80.0 Å². The zero-order valence-corrected chi connectivity index (χ0v) is 15.1. The largest absolute Gasteiger partial charge is 0.497 e. The van der Waals surface area contributed by atoms with Crippen LogP contribution in [0.4, 0.5) is 0 Å². The molecule has 0 radical (unpaired) electrons. The van der Waals surface area contributed by atoms with E-state index in [-0.39, 0.29) is 24.3 Å². The molecular weight excluding hydrogens is 346 g/mol. The van der Waals surface area contributed by atoms with Crippen LogP contribution in [0.5, 0.6) is 5.75 Å². The van der Waals surface area contributed by atoms with Crippen molar-refractivity contribution in [1.29, 1.82) is 0 Å². The lowest BCUT2D eigenvalue weighted by Crippen LogP contribution is -2.32. The van der Waals surface area contributed by atoms with Gasteiger partial charge in [-0.15, -0.1) is 0 Å². The highest BCUT2D eigenvalue weighted by molar-refractivity contribution is 5.99. The lowest BCUT2D eigenvalue weighted by Gasteiger charge is -2.24. The second kappa shape index (κ2) is 6.55. The number of aliphatic hydroxyl groups is 1. The van der Waals surface area contributed by atoms with Gasteiger partial charge in [0.1, 0.15) is 11.3 Å². The molecule has 138 valence electrons. The summed E-state index contributed by atoms with van der Waals surface area (Å²) in [6.45, 7) is 1.78. The van der Waals surface area contributed by atoms with Crippen LogP contribution in [0.15, 0.2) is 51.7 Å². The summed E-state index contributed by atoms with van der Waals surface area (Å²) in [5.41, 5.74) is 2.13. The number of methoxy groups -OCH3 is 1. The van der Waals surface area contributed by atoms with Gasteiger partial charge in [-0.25, -0.2) is 0 Å². The molecule has 0 saturated heterocycles. The van der Waals surface area contributed by atoms with Crippen molar-refractivity contribution in [3.8, 4) is 5.75 Å². The van der Waals surface area contributed by atoms with Gasteiger partial charge in [0.25, 0.3) is 5.91 Å². The Morgan fingerprint density at radius 1 is 1.19 bits per heavy atom. The zero-order valence-electron chi connectivity index (χ0n) is 15.1. The van der Waals surface area contributed by atoms with Crippen molar-refractivity contribution in [1.82, 2.24) is 4.90 Å². The summed E-state index contributed by atoms with van der Waals surface area (Å²) in [4.78, 5) is 27.7. The van der Waals surface area contributed by atoms with Crippen LogP contribution in [-0.2, 0) is 0 Å². The molecule has 0 saturated carbocycles. The molecule has 4 rings (SSSR count). The number of rotatable bonds is 4. The van der Waals surface area contributed by atoms with Crippen LogP contribution in [0.3, 0.4) is 0 Å². The van der Waals surface area contributed by atoms with E-state index in [1.807, 2.05) is 19.1 Å². The van der Waals surface area contributed by atoms with Crippen molar-refractivity contribution in [2.45, 2.75) is 13.0 Å². The van der Waals surface area contributed by atoms with E-state index >= 15 is 0 Å². The minimum Gasteiger partial charge on any atom is -0.497 e. The van der Waals surface area contributed by atoms with Gasteiger partial charge in [-0.1, -0.05) is 23.8 Å². The maximum Gasteiger partial charge on any atom is 0.290 e. The summed E-state index contributed by atoms with van der Waals surface area (Å²) in [6.07, 6.45) is 0. The van der Waals surface area contributed by atoms with Crippen LogP contribution < -0.4 is 10.2 Å². The van der Waals surface area contributed by atoms with Gasteiger partial charge in [0.2, 0.25) is 5.76 Å². The predicted octanol–water partition coefficient (Wildman–Crippen LogP) is 2.65. The van der Waals surface area contributed by atoms with E-state index in [2.05, 4.69) is 0 Å². The van der Waals surface area contributed by atoms with E-state index in [0.29, 0.717) is 22.3 Å². The molecule has 1 amide bonds. The van der Waals surface area contributed by atoms with Gasteiger partial charge in [0.05, 0.1) is 30.7 Å². The Morgan fingerprint density at radius 2 is 2.00 bits per heavy atom. The Kier molecular flexibility index (Phi) is 4.20. The fourth-order valence-electron chi connectivity index (χ4n) is 3.63. The molecular formula is C21H19NO5. The monoisotopic (exact) mass is 365 g/mol. The van der Waals surface area contributed by atoms with E-state index in [9.17, 15) is 14.7 Å². The fraction of sp³-hybridized carbons (Fsp3) is 0.238. The highest BCUT2D eigenvalue weighted by atomic mass is 16.5. The molecule has 27 heavy (non-hydrogen) atoms. The second-order valence-corrected chi connectivity index (χ2v) is 6.57. The number of carbonyl (C=O) groups is 1. The number of amides is 1. The maximum absolute atomic E-state index is 13.3. The van der Waals surface area contributed by atoms with Crippen molar-refractivity contribution in [3.63, 3.8) is 0 Å². The van der Waals surface area contributed by atoms with Crippen molar-refractivity contribution < 1.29 is 19.1 Å². The van der Waals surface area contributed by atoms with Crippen LogP contribution in [0.2, 0.25) is 0 Å². The SMILES string of the molecule is COc1cccc(C2c3c(oc4ccc(C)cc4c3=O)C(=O)N2CCO)c1. The van der Waals surface area contributed by atoms with Crippen LogP contribution in [0, 0.1) is 6.92 Å². The molecule has 6 nitrogen and oxygen atoms in total. The van der Waals surface area contributed by atoms with Crippen LogP contribution in [0.25, 0.3) is 11.0 Å². The number of benzene rings is 2. The quantitative estimate of drug-likeness (QED) is 0.769. The molecule has 0 bridgehead atoms. The minimum atomic E-state index is -0.629. The lowest BCUT2D eigenvalue weighted by molar-refractivity contribution is 0.0691. The fourth-order valence-corrected chi connectivity index (χ4v) is 3.63. The number of hydrogen-bond acceptors (Lipinski definition) is 5. The van der Waals surface area contributed by atoms with Gasteiger partial charge < -0.3 is 19.2 Å². The van der Waals surface area contributed by atoms with Crippen molar-refractivity contribution in [2.24, 2.45) is 0 Å². The Balaban J connectivity index is 2.01. The number of ether oxygens (including phenoxy) is 1. The molecule has 1 aromatic heterocycles. The Hall–Kier alpha value is -3.12. The molecule has 2 aromatic carbocycles.